The highest BCUT2D eigenvalue weighted by Gasteiger charge is 2.35. The minimum absolute atomic E-state index is 0.131. The van der Waals surface area contributed by atoms with E-state index in [-0.39, 0.29) is 27.6 Å². The summed E-state index contributed by atoms with van der Waals surface area (Å²) >= 11 is -0.969. The van der Waals surface area contributed by atoms with Gasteiger partial charge in [0, 0.05) is 26.7 Å². The Hall–Kier alpha value is -2.19. The Morgan fingerprint density at radius 3 is 2.50 bits per heavy atom. The van der Waals surface area contributed by atoms with Crippen molar-refractivity contribution in [2.75, 3.05) is 17.7 Å². The van der Waals surface area contributed by atoms with Gasteiger partial charge in [0.25, 0.3) is 10.0 Å². The summed E-state index contributed by atoms with van der Waals surface area (Å²) < 4.78 is 52.8. The van der Waals surface area contributed by atoms with E-state index in [2.05, 4.69) is 33.2 Å². The maximum Gasteiger partial charge on any atom is 0.256 e. The Morgan fingerprint density at radius 1 is 1.29 bits per heavy atom. The number of aromatic hydroxyl groups is 1. The number of hydrogen-bond acceptors (Lipinski definition) is 10. The molecule has 0 fully saturated rings. The fraction of sp³-hybridized carbons (Fsp3) is 0.524. The molecule has 0 saturated carbocycles. The van der Waals surface area contributed by atoms with Crippen LogP contribution in [0.2, 0.25) is 0 Å². The number of hydrogen-bond donors (Lipinski definition) is 3. The van der Waals surface area contributed by atoms with Crippen LogP contribution in [0.5, 0.6) is 5.75 Å². The van der Waals surface area contributed by atoms with Crippen LogP contribution in [0.15, 0.2) is 26.3 Å². The first-order valence-corrected chi connectivity index (χ1v) is 14.1. The molecule has 3 aromatic heterocycles. The molecule has 1 unspecified atom stereocenters. The van der Waals surface area contributed by atoms with Gasteiger partial charge < -0.3 is 24.7 Å². The molecule has 3 aromatic rings. The first-order chi connectivity index (χ1) is 15.8. The minimum atomic E-state index is -3.92. The Balaban J connectivity index is 1.87. The predicted molar refractivity (Wildman–Crippen MR) is 134 cm³/mol. The summed E-state index contributed by atoms with van der Waals surface area (Å²) in [5.41, 5.74) is 0.526. The summed E-state index contributed by atoms with van der Waals surface area (Å²) in [5.74, 6) is 0.959. The molecule has 3 rings (SSSR count). The van der Waals surface area contributed by atoms with Gasteiger partial charge in [-0.1, -0.05) is 20.8 Å². The van der Waals surface area contributed by atoms with Crippen LogP contribution in [0.4, 0.5) is 17.3 Å². The van der Waals surface area contributed by atoms with Gasteiger partial charge in [-0.2, -0.15) is 4.31 Å². The average molecular weight is 530 g/mol. The molecule has 0 saturated heterocycles. The lowest BCUT2D eigenvalue weighted by Gasteiger charge is -2.30. The number of anilines is 3. The van der Waals surface area contributed by atoms with Gasteiger partial charge in [0.1, 0.15) is 5.76 Å². The largest absolute Gasteiger partial charge is 0.546 e. The molecule has 0 bridgehead atoms. The molecule has 0 spiro atoms. The molecule has 188 valence electrons. The highest BCUT2D eigenvalue weighted by molar-refractivity contribution is 7.91. The molecule has 34 heavy (non-hydrogen) atoms. The van der Waals surface area contributed by atoms with Crippen molar-refractivity contribution in [3.8, 4) is 5.75 Å². The third kappa shape index (κ3) is 5.38. The lowest BCUT2D eigenvalue weighted by molar-refractivity contribution is 0.291. The second kappa shape index (κ2) is 9.82. The van der Waals surface area contributed by atoms with E-state index in [0.717, 1.165) is 16.9 Å². The second-order valence-electron chi connectivity index (χ2n) is 9.21. The van der Waals surface area contributed by atoms with Crippen LogP contribution >= 0.6 is 22.5 Å². The van der Waals surface area contributed by atoms with E-state index in [1.807, 2.05) is 13.0 Å². The fourth-order valence-corrected chi connectivity index (χ4v) is 6.58. The smallest absolute Gasteiger partial charge is 0.256 e. The van der Waals surface area contributed by atoms with Gasteiger partial charge in [-0.15, -0.1) is 11.3 Å². The fourth-order valence-electron chi connectivity index (χ4n) is 3.05. The SMILES string of the molecule is CC[C@@H](Nc1n[s+]([O-])nc1Nc1csc(S(=O)(=O)N(C)C(C)(C)C)c1O)c1cc(C(C)C)co1. The highest BCUT2D eigenvalue weighted by Crippen LogP contribution is 2.42. The van der Waals surface area contributed by atoms with Gasteiger partial charge >= 0.3 is 0 Å². The Bertz CT molecular complexity index is 1240. The van der Waals surface area contributed by atoms with E-state index in [1.54, 1.807) is 27.0 Å². The van der Waals surface area contributed by atoms with E-state index in [4.69, 9.17) is 4.42 Å². The summed E-state index contributed by atoms with van der Waals surface area (Å²) in [6.07, 6.45) is 2.38. The van der Waals surface area contributed by atoms with Gasteiger partial charge in [0.2, 0.25) is 11.6 Å². The molecular formula is C21H31N5O5S3. The van der Waals surface area contributed by atoms with Gasteiger partial charge in [0.15, 0.2) is 21.1 Å². The van der Waals surface area contributed by atoms with Crippen LogP contribution < -0.4 is 10.6 Å². The molecule has 0 aliphatic heterocycles. The number of nitrogens with zero attached hydrogens (tertiary/aromatic N) is 3. The molecule has 10 nitrogen and oxygen atoms in total. The van der Waals surface area contributed by atoms with Crippen molar-refractivity contribution in [2.45, 2.75) is 69.7 Å². The molecule has 0 aromatic carbocycles. The van der Waals surface area contributed by atoms with E-state index < -0.39 is 32.5 Å². The van der Waals surface area contributed by atoms with E-state index in [1.165, 1.54) is 16.7 Å². The maximum absolute atomic E-state index is 13.0. The predicted octanol–water partition coefficient (Wildman–Crippen LogP) is 5.41. The standard InChI is InChI=1S/C21H31N5O5S3/c1-8-14(16-9-13(10-31-16)12(2)3)22-18-19(25-33(28)24-18)23-15-11-32-20(17(15)27)34(29,30)26(7)21(4,5)6/h9-12,14,27H,8H2,1-7H3,(H,22,24)(H,23,25)/t14-,33?/m1/s1. The molecule has 0 aliphatic carbocycles. The van der Waals surface area contributed by atoms with Crippen LogP contribution in [0, 0.1) is 0 Å². The van der Waals surface area contributed by atoms with Gasteiger partial charge in [0.05, 0.1) is 18.0 Å². The van der Waals surface area contributed by atoms with Crippen molar-refractivity contribution in [1.82, 2.24) is 13.1 Å². The summed E-state index contributed by atoms with van der Waals surface area (Å²) in [4.78, 5) is 0. The van der Waals surface area contributed by atoms with Crippen LogP contribution in [0.25, 0.3) is 0 Å². The zero-order valence-corrected chi connectivity index (χ0v) is 22.7. The molecule has 3 heterocycles. The van der Waals surface area contributed by atoms with Crippen LogP contribution in [-0.4, -0.2) is 43.7 Å². The van der Waals surface area contributed by atoms with Crippen molar-refractivity contribution >= 4 is 49.8 Å². The Labute approximate surface area is 207 Å². The van der Waals surface area contributed by atoms with E-state index in [9.17, 15) is 18.1 Å². The van der Waals surface area contributed by atoms with Crippen molar-refractivity contribution < 1.29 is 22.5 Å². The number of thiophene rings is 1. The number of nitrogens with one attached hydrogen (secondary N) is 2. The number of sulfonamides is 1. The van der Waals surface area contributed by atoms with Gasteiger partial charge in [-0.25, -0.2) is 8.42 Å². The number of rotatable bonds is 9. The molecule has 13 heteroatoms. The first kappa shape index (κ1) is 26.4. The summed E-state index contributed by atoms with van der Waals surface area (Å²) in [7, 11) is -2.46. The third-order valence-electron chi connectivity index (χ3n) is 5.46. The monoisotopic (exact) mass is 529 g/mol. The lowest BCUT2D eigenvalue weighted by Crippen LogP contribution is -2.42. The molecule has 2 atom stereocenters. The van der Waals surface area contributed by atoms with Gasteiger partial charge in [-0.05, 0) is 44.7 Å². The molecular weight excluding hydrogens is 498 g/mol. The highest BCUT2D eigenvalue weighted by atomic mass is 32.2. The summed E-state index contributed by atoms with van der Waals surface area (Å²) in [6, 6.07) is 1.72. The maximum atomic E-state index is 13.0. The molecule has 0 aliphatic rings. The minimum Gasteiger partial charge on any atom is -0.546 e. The Kier molecular flexibility index (Phi) is 7.63. The number of aromatic nitrogens is 2. The molecule has 0 radical (unpaired) electrons. The number of furan rings is 1. The molecule has 3 N–H and O–H groups in total. The Morgan fingerprint density at radius 2 is 1.94 bits per heavy atom. The normalized spacial score (nSPS) is 14.1. The van der Waals surface area contributed by atoms with Crippen molar-refractivity contribution in [3.05, 3.63) is 29.0 Å². The first-order valence-electron chi connectivity index (χ1n) is 10.8. The van der Waals surface area contributed by atoms with Crippen LogP contribution in [0.1, 0.15) is 71.2 Å². The second-order valence-corrected chi connectivity index (χ2v) is 13.1. The average Bonchev–Trinajstić information content (AvgIpc) is 3.45. The zero-order valence-electron chi connectivity index (χ0n) is 20.2. The van der Waals surface area contributed by atoms with Crippen molar-refractivity contribution in [3.63, 3.8) is 0 Å². The lowest BCUT2D eigenvalue weighted by atomic mass is 10.1. The van der Waals surface area contributed by atoms with Crippen LogP contribution in [0.3, 0.4) is 0 Å². The zero-order chi connectivity index (χ0) is 25.4. The van der Waals surface area contributed by atoms with E-state index in [0.29, 0.717) is 18.1 Å². The van der Waals surface area contributed by atoms with Crippen LogP contribution in [-0.2, 0) is 10.0 Å². The summed E-state index contributed by atoms with van der Waals surface area (Å²) in [6.45, 7) is 11.4. The van der Waals surface area contributed by atoms with E-state index >= 15 is 0 Å². The summed E-state index contributed by atoms with van der Waals surface area (Å²) in [5, 5.41) is 18.2. The van der Waals surface area contributed by atoms with Crippen molar-refractivity contribution in [2.24, 2.45) is 0 Å². The molecule has 0 amide bonds. The third-order valence-corrected chi connectivity index (χ3v) is 9.75. The van der Waals surface area contributed by atoms with Crippen molar-refractivity contribution in [1.29, 1.82) is 0 Å². The quantitative estimate of drug-likeness (QED) is 0.310. The van der Waals surface area contributed by atoms with Gasteiger partial charge in [-0.3, -0.25) is 0 Å². The topological polar surface area (TPSA) is 144 Å².